The van der Waals surface area contributed by atoms with Crippen LogP contribution < -0.4 is 5.73 Å². The van der Waals surface area contributed by atoms with Gasteiger partial charge in [-0.3, -0.25) is 4.79 Å². The SMILES string of the molecule is CCCCCCCCCCCCCCCCC(C)(CCl)C(N)=O. The van der Waals surface area contributed by atoms with Crippen molar-refractivity contribution in [1.82, 2.24) is 0 Å². The van der Waals surface area contributed by atoms with E-state index in [4.69, 9.17) is 17.3 Å². The maximum Gasteiger partial charge on any atom is 0.224 e. The summed E-state index contributed by atoms with van der Waals surface area (Å²) in [5.41, 5.74) is 4.90. The molecule has 0 aliphatic rings. The number of alkyl halides is 1. The van der Waals surface area contributed by atoms with E-state index < -0.39 is 5.41 Å². The van der Waals surface area contributed by atoms with Crippen LogP contribution >= 0.6 is 11.6 Å². The van der Waals surface area contributed by atoms with E-state index in [0.717, 1.165) is 12.8 Å². The fraction of sp³-hybridized carbons (Fsp3) is 0.950. The molecule has 0 bridgehead atoms. The Bertz CT molecular complexity index is 283. The monoisotopic (exact) mass is 345 g/mol. The van der Waals surface area contributed by atoms with Gasteiger partial charge in [-0.05, 0) is 13.3 Å². The third kappa shape index (κ3) is 12.8. The summed E-state index contributed by atoms with van der Waals surface area (Å²) in [7, 11) is 0. The van der Waals surface area contributed by atoms with Crippen molar-refractivity contribution in [3.8, 4) is 0 Å². The van der Waals surface area contributed by atoms with E-state index in [-0.39, 0.29) is 5.91 Å². The average Bonchev–Trinajstić information content (AvgIpc) is 2.54. The second-order valence-electron chi connectivity index (χ2n) is 7.40. The fourth-order valence-corrected chi connectivity index (χ4v) is 3.23. The van der Waals surface area contributed by atoms with Crippen LogP contribution in [0.4, 0.5) is 0 Å². The minimum atomic E-state index is -0.515. The third-order valence-electron chi connectivity index (χ3n) is 4.97. The molecule has 138 valence electrons. The third-order valence-corrected chi connectivity index (χ3v) is 5.56. The van der Waals surface area contributed by atoms with Gasteiger partial charge in [-0.1, -0.05) is 96.8 Å². The van der Waals surface area contributed by atoms with Crippen LogP contribution in [0.3, 0.4) is 0 Å². The quantitative estimate of drug-likeness (QED) is 0.234. The number of hydrogen-bond donors (Lipinski definition) is 1. The van der Waals surface area contributed by atoms with Crippen LogP contribution in [0.15, 0.2) is 0 Å². The topological polar surface area (TPSA) is 43.1 Å². The van der Waals surface area contributed by atoms with Crippen LogP contribution in [0.2, 0.25) is 0 Å². The number of nitrogens with two attached hydrogens (primary N) is 1. The van der Waals surface area contributed by atoms with Gasteiger partial charge in [0.1, 0.15) is 0 Å². The first-order valence-electron chi connectivity index (χ1n) is 9.92. The molecule has 0 rings (SSSR count). The van der Waals surface area contributed by atoms with Gasteiger partial charge in [0.25, 0.3) is 0 Å². The Hall–Kier alpha value is -0.240. The van der Waals surface area contributed by atoms with Crippen molar-refractivity contribution >= 4 is 17.5 Å². The molecule has 0 fully saturated rings. The lowest BCUT2D eigenvalue weighted by molar-refractivity contribution is -0.126. The Morgan fingerprint density at radius 1 is 0.783 bits per heavy atom. The van der Waals surface area contributed by atoms with E-state index in [9.17, 15) is 4.79 Å². The highest BCUT2D eigenvalue weighted by atomic mass is 35.5. The van der Waals surface area contributed by atoms with E-state index in [1.807, 2.05) is 6.92 Å². The summed E-state index contributed by atoms with van der Waals surface area (Å²) in [6.45, 7) is 4.15. The van der Waals surface area contributed by atoms with Gasteiger partial charge in [-0.25, -0.2) is 0 Å². The van der Waals surface area contributed by atoms with Crippen molar-refractivity contribution in [2.45, 2.75) is 110 Å². The van der Waals surface area contributed by atoms with Crippen LogP contribution in [0, 0.1) is 5.41 Å². The summed E-state index contributed by atoms with van der Waals surface area (Å²) in [4.78, 5) is 11.4. The number of primary amides is 1. The molecule has 2 N–H and O–H groups in total. The number of rotatable bonds is 17. The van der Waals surface area contributed by atoms with Crippen molar-refractivity contribution in [3.63, 3.8) is 0 Å². The summed E-state index contributed by atoms with van der Waals surface area (Å²) >= 11 is 5.86. The predicted octanol–water partition coefficient (Wildman–Crippen LogP) is 6.59. The molecule has 2 nitrogen and oxygen atoms in total. The Kier molecular flexibility index (Phi) is 15.1. The maximum absolute atomic E-state index is 11.4. The molecule has 0 aromatic carbocycles. The summed E-state index contributed by atoms with van der Waals surface area (Å²) in [5.74, 6) is 0.0722. The van der Waals surface area contributed by atoms with Crippen LogP contribution in [-0.4, -0.2) is 11.8 Å². The summed E-state index contributed by atoms with van der Waals surface area (Å²) in [6.07, 6.45) is 19.7. The van der Waals surface area contributed by atoms with Gasteiger partial charge >= 0.3 is 0 Å². The van der Waals surface area contributed by atoms with Gasteiger partial charge in [0.2, 0.25) is 5.91 Å². The number of hydrogen-bond acceptors (Lipinski definition) is 1. The molecule has 0 heterocycles. The minimum Gasteiger partial charge on any atom is -0.369 e. The van der Waals surface area contributed by atoms with E-state index in [1.54, 1.807) is 0 Å². The van der Waals surface area contributed by atoms with Gasteiger partial charge in [0, 0.05) is 5.88 Å². The zero-order chi connectivity index (χ0) is 17.4. The molecule has 0 aromatic heterocycles. The standard InChI is InChI=1S/C20H40ClNO/c1-3-4-5-6-7-8-9-10-11-12-13-14-15-16-17-20(2,18-21)19(22)23/h3-18H2,1-2H3,(H2,22,23). The second kappa shape index (κ2) is 15.3. The van der Waals surface area contributed by atoms with Crippen molar-refractivity contribution < 1.29 is 4.79 Å². The van der Waals surface area contributed by atoms with Crippen molar-refractivity contribution in [2.24, 2.45) is 11.1 Å². The van der Waals surface area contributed by atoms with Gasteiger partial charge in [-0.2, -0.15) is 0 Å². The first-order chi connectivity index (χ1) is 11.1. The molecule has 1 amide bonds. The Balaban J connectivity index is 3.26. The van der Waals surface area contributed by atoms with Crippen molar-refractivity contribution in [1.29, 1.82) is 0 Å². The van der Waals surface area contributed by atoms with Crippen molar-refractivity contribution in [3.05, 3.63) is 0 Å². The molecule has 1 atom stereocenters. The Morgan fingerprint density at radius 3 is 1.43 bits per heavy atom. The van der Waals surface area contributed by atoms with Crippen LogP contribution in [0.1, 0.15) is 110 Å². The molecule has 0 aliphatic carbocycles. The highest BCUT2D eigenvalue weighted by Crippen LogP contribution is 2.26. The van der Waals surface area contributed by atoms with Crippen LogP contribution in [0.25, 0.3) is 0 Å². The molecule has 0 radical (unpaired) electrons. The summed E-state index contributed by atoms with van der Waals surface area (Å²) in [5, 5.41) is 0. The van der Waals surface area contributed by atoms with E-state index >= 15 is 0 Å². The number of amides is 1. The lowest BCUT2D eigenvalue weighted by Crippen LogP contribution is -2.35. The first-order valence-corrected chi connectivity index (χ1v) is 10.5. The summed E-state index contributed by atoms with van der Waals surface area (Å²) < 4.78 is 0. The second-order valence-corrected chi connectivity index (χ2v) is 7.67. The predicted molar refractivity (Wildman–Crippen MR) is 103 cm³/mol. The van der Waals surface area contributed by atoms with Gasteiger partial charge in [0.15, 0.2) is 0 Å². The molecule has 1 unspecified atom stereocenters. The van der Waals surface area contributed by atoms with Crippen molar-refractivity contribution in [2.75, 3.05) is 5.88 Å². The number of halogens is 1. The van der Waals surface area contributed by atoms with Gasteiger partial charge in [-0.15, -0.1) is 11.6 Å². The molecule has 23 heavy (non-hydrogen) atoms. The zero-order valence-electron chi connectivity index (χ0n) is 15.7. The molecular formula is C20H40ClNO. The highest BCUT2D eigenvalue weighted by Gasteiger charge is 2.29. The first kappa shape index (κ1) is 22.8. The Labute approximate surface area is 149 Å². The molecule has 0 saturated heterocycles. The number of unbranched alkanes of at least 4 members (excludes halogenated alkanes) is 13. The van der Waals surface area contributed by atoms with Gasteiger partial charge < -0.3 is 5.73 Å². The smallest absolute Gasteiger partial charge is 0.224 e. The van der Waals surface area contributed by atoms with Crippen LogP contribution in [0.5, 0.6) is 0 Å². The average molecular weight is 346 g/mol. The highest BCUT2D eigenvalue weighted by molar-refractivity contribution is 6.19. The molecule has 3 heteroatoms. The zero-order valence-corrected chi connectivity index (χ0v) is 16.4. The largest absolute Gasteiger partial charge is 0.369 e. The summed E-state index contributed by atoms with van der Waals surface area (Å²) in [6, 6.07) is 0. The van der Waals surface area contributed by atoms with E-state index in [2.05, 4.69) is 6.92 Å². The van der Waals surface area contributed by atoms with E-state index in [0.29, 0.717) is 5.88 Å². The number of carbonyl (C=O) groups excluding carboxylic acids is 1. The van der Waals surface area contributed by atoms with Gasteiger partial charge in [0.05, 0.1) is 5.41 Å². The van der Waals surface area contributed by atoms with E-state index in [1.165, 1.54) is 83.5 Å². The molecule has 0 spiro atoms. The Morgan fingerprint density at radius 2 is 1.13 bits per heavy atom. The molecular weight excluding hydrogens is 306 g/mol. The normalized spacial score (nSPS) is 13.9. The fourth-order valence-electron chi connectivity index (χ4n) is 2.97. The van der Waals surface area contributed by atoms with Crippen LogP contribution in [-0.2, 0) is 4.79 Å². The lowest BCUT2D eigenvalue weighted by Gasteiger charge is -2.22. The molecule has 0 aromatic rings. The maximum atomic E-state index is 11.4. The number of carbonyl (C=O) groups is 1. The molecule has 0 saturated carbocycles. The lowest BCUT2D eigenvalue weighted by atomic mass is 9.86. The minimum absolute atomic E-state index is 0.262. The molecule has 0 aliphatic heterocycles.